The summed E-state index contributed by atoms with van der Waals surface area (Å²) in [7, 11) is 0. The topological polar surface area (TPSA) is 24.9 Å². The number of alkyl halides is 1. The number of pyridine rings is 1. The monoisotopic (exact) mass is 220 g/mol. The van der Waals surface area contributed by atoms with Crippen LogP contribution in [0.4, 0.5) is 4.39 Å². The second-order valence-corrected chi connectivity index (χ2v) is 4.95. The molecular formula is C13H17FN2. The zero-order valence-corrected chi connectivity index (χ0v) is 9.38. The average molecular weight is 220 g/mol. The Hall–Kier alpha value is -0.960. The molecule has 2 unspecified atom stereocenters. The maximum absolute atomic E-state index is 14.8. The Morgan fingerprint density at radius 1 is 1.50 bits per heavy atom. The van der Waals surface area contributed by atoms with E-state index in [4.69, 9.17) is 0 Å². The van der Waals surface area contributed by atoms with Crippen LogP contribution in [0, 0.1) is 0 Å². The maximum atomic E-state index is 14.8. The minimum absolute atomic E-state index is 0.00690. The summed E-state index contributed by atoms with van der Waals surface area (Å²) < 4.78 is 14.8. The zero-order chi connectivity index (χ0) is 11.0. The summed E-state index contributed by atoms with van der Waals surface area (Å²) in [5.74, 6) is 0.00690. The van der Waals surface area contributed by atoms with E-state index in [-0.39, 0.29) is 5.92 Å². The van der Waals surface area contributed by atoms with Crippen LogP contribution in [0.25, 0.3) is 0 Å². The van der Waals surface area contributed by atoms with E-state index in [1.165, 1.54) is 5.56 Å². The van der Waals surface area contributed by atoms with Gasteiger partial charge in [-0.25, -0.2) is 4.39 Å². The lowest BCUT2D eigenvalue weighted by Gasteiger charge is -2.33. The first-order chi connectivity index (χ1) is 7.80. The number of rotatable bonds is 1. The van der Waals surface area contributed by atoms with Crippen molar-refractivity contribution in [2.24, 2.45) is 0 Å². The van der Waals surface area contributed by atoms with Crippen molar-refractivity contribution in [3.05, 3.63) is 29.6 Å². The lowest BCUT2D eigenvalue weighted by atomic mass is 9.76. The van der Waals surface area contributed by atoms with Gasteiger partial charge in [0.05, 0.1) is 0 Å². The predicted octanol–water partition coefficient (Wildman–Crippen LogP) is 2.20. The first kappa shape index (κ1) is 10.2. The van der Waals surface area contributed by atoms with Crippen LogP contribution in [0.3, 0.4) is 0 Å². The van der Waals surface area contributed by atoms with E-state index in [9.17, 15) is 4.39 Å². The van der Waals surface area contributed by atoms with Crippen LogP contribution >= 0.6 is 0 Å². The summed E-state index contributed by atoms with van der Waals surface area (Å²) in [6.07, 6.45) is 5.52. The number of nitrogens with one attached hydrogen (secondary N) is 1. The van der Waals surface area contributed by atoms with Crippen molar-refractivity contribution >= 4 is 0 Å². The normalized spacial score (nSPS) is 33.7. The van der Waals surface area contributed by atoms with E-state index in [1.807, 2.05) is 6.07 Å². The van der Waals surface area contributed by atoms with Gasteiger partial charge in [-0.2, -0.15) is 0 Å². The van der Waals surface area contributed by atoms with Crippen LogP contribution in [-0.2, 0) is 6.42 Å². The van der Waals surface area contributed by atoms with E-state index < -0.39 is 5.67 Å². The van der Waals surface area contributed by atoms with Gasteiger partial charge in [0, 0.05) is 24.4 Å². The molecule has 0 aromatic carbocycles. The molecule has 0 saturated carbocycles. The lowest BCUT2D eigenvalue weighted by Crippen LogP contribution is -2.36. The molecule has 2 heterocycles. The van der Waals surface area contributed by atoms with Crippen LogP contribution in [0.15, 0.2) is 18.3 Å². The fourth-order valence-electron chi connectivity index (χ4n) is 3.09. The molecule has 1 aromatic heterocycles. The molecule has 1 aromatic rings. The SMILES string of the molecule is FC1(C2CCCc3cccnc32)CCNC1. The summed E-state index contributed by atoms with van der Waals surface area (Å²) in [4.78, 5) is 4.42. The molecule has 3 heteroatoms. The molecule has 2 aliphatic rings. The van der Waals surface area contributed by atoms with Gasteiger partial charge in [-0.15, -0.1) is 0 Å². The highest BCUT2D eigenvalue weighted by Crippen LogP contribution is 2.42. The van der Waals surface area contributed by atoms with Gasteiger partial charge in [0.2, 0.25) is 0 Å². The molecule has 0 bridgehead atoms. The van der Waals surface area contributed by atoms with Crippen LogP contribution in [-0.4, -0.2) is 23.7 Å². The predicted molar refractivity (Wildman–Crippen MR) is 61.2 cm³/mol. The van der Waals surface area contributed by atoms with Crippen LogP contribution in [0.5, 0.6) is 0 Å². The van der Waals surface area contributed by atoms with Crippen LogP contribution < -0.4 is 5.32 Å². The minimum Gasteiger partial charge on any atom is -0.313 e. The Kier molecular flexibility index (Phi) is 2.43. The summed E-state index contributed by atoms with van der Waals surface area (Å²) in [5.41, 5.74) is 1.20. The zero-order valence-electron chi connectivity index (χ0n) is 9.38. The van der Waals surface area contributed by atoms with Gasteiger partial charge in [0.25, 0.3) is 0 Å². The second kappa shape index (κ2) is 3.81. The van der Waals surface area contributed by atoms with Crippen LogP contribution in [0.1, 0.15) is 36.4 Å². The molecule has 0 radical (unpaired) electrons. The lowest BCUT2D eigenvalue weighted by molar-refractivity contribution is 0.134. The summed E-state index contributed by atoms with van der Waals surface area (Å²) in [6, 6.07) is 4.05. The smallest absolute Gasteiger partial charge is 0.132 e. The molecule has 1 saturated heterocycles. The molecule has 16 heavy (non-hydrogen) atoms. The van der Waals surface area contributed by atoms with Crippen molar-refractivity contribution in [1.82, 2.24) is 10.3 Å². The fourth-order valence-corrected chi connectivity index (χ4v) is 3.09. The first-order valence-electron chi connectivity index (χ1n) is 6.13. The van der Waals surface area contributed by atoms with E-state index >= 15 is 0 Å². The van der Waals surface area contributed by atoms with Crippen molar-refractivity contribution in [1.29, 1.82) is 0 Å². The molecule has 1 aliphatic heterocycles. The largest absolute Gasteiger partial charge is 0.313 e. The van der Waals surface area contributed by atoms with Crippen molar-refractivity contribution in [2.75, 3.05) is 13.1 Å². The summed E-state index contributed by atoms with van der Waals surface area (Å²) >= 11 is 0. The second-order valence-electron chi connectivity index (χ2n) is 4.95. The number of aryl methyl sites for hydroxylation is 1. The number of halogens is 1. The highest BCUT2D eigenvalue weighted by molar-refractivity contribution is 5.29. The Morgan fingerprint density at radius 3 is 3.25 bits per heavy atom. The van der Waals surface area contributed by atoms with Gasteiger partial charge in [-0.1, -0.05) is 6.07 Å². The molecule has 0 amide bonds. The van der Waals surface area contributed by atoms with E-state index in [2.05, 4.69) is 16.4 Å². The molecular weight excluding hydrogens is 203 g/mol. The molecule has 2 nitrogen and oxygen atoms in total. The Bertz CT molecular complexity index is 385. The third-order valence-electron chi connectivity index (χ3n) is 3.96. The summed E-state index contributed by atoms with van der Waals surface area (Å²) in [6.45, 7) is 1.29. The Balaban J connectivity index is 1.98. The molecule has 1 fully saturated rings. The highest BCUT2D eigenvalue weighted by atomic mass is 19.1. The van der Waals surface area contributed by atoms with Crippen molar-refractivity contribution in [3.63, 3.8) is 0 Å². The van der Waals surface area contributed by atoms with E-state index in [0.29, 0.717) is 13.0 Å². The summed E-state index contributed by atoms with van der Waals surface area (Å²) in [5, 5.41) is 3.14. The molecule has 1 aliphatic carbocycles. The molecule has 3 rings (SSSR count). The maximum Gasteiger partial charge on any atom is 0.132 e. The third-order valence-corrected chi connectivity index (χ3v) is 3.96. The first-order valence-corrected chi connectivity index (χ1v) is 6.13. The quantitative estimate of drug-likeness (QED) is 0.785. The Morgan fingerprint density at radius 2 is 2.44 bits per heavy atom. The standard InChI is InChI=1S/C13H17FN2/c14-13(6-8-15-9-13)11-5-1-3-10-4-2-7-16-12(10)11/h2,4,7,11,15H,1,3,5-6,8-9H2. The van der Waals surface area contributed by atoms with E-state index in [1.54, 1.807) is 6.20 Å². The van der Waals surface area contributed by atoms with Gasteiger partial charge in [0.1, 0.15) is 5.67 Å². The van der Waals surface area contributed by atoms with Crippen molar-refractivity contribution in [2.45, 2.75) is 37.3 Å². The molecule has 1 N–H and O–H groups in total. The fraction of sp³-hybridized carbons (Fsp3) is 0.615. The Labute approximate surface area is 95.3 Å². The average Bonchev–Trinajstić information content (AvgIpc) is 2.77. The number of fused-ring (bicyclic) bond motifs is 1. The highest BCUT2D eigenvalue weighted by Gasteiger charge is 2.44. The molecule has 86 valence electrons. The van der Waals surface area contributed by atoms with Crippen LogP contribution in [0.2, 0.25) is 0 Å². The van der Waals surface area contributed by atoms with Crippen molar-refractivity contribution < 1.29 is 4.39 Å². The number of hydrogen-bond donors (Lipinski definition) is 1. The number of nitrogens with zero attached hydrogens (tertiary/aromatic N) is 1. The van der Waals surface area contributed by atoms with Gasteiger partial charge in [-0.05, 0) is 43.9 Å². The molecule has 0 spiro atoms. The van der Waals surface area contributed by atoms with Crippen molar-refractivity contribution in [3.8, 4) is 0 Å². The van der Waals surface area contributed by atoms with Gasteiger partial charge in [0.15, 0.2) is 0 Å². The van der Waals surface area contributed by atoms with Gasteiger partial charge >= 0.3 is 0 Å². The molecule has 2 atom stereocenters. The number of hydrogen-bond acceptors (Lipinski definition) is 2. The van der Waals surface area contributed by atoms with E-state index in [0.717, 1.165) is 31.5 Å². The van der Waals surface area contributed by atoms with Gasteiger partial charge in [-0.3, -0.25) is 4.98 Å². The minimum atomic E-state index is -1.07. The third kappa shape index (κ3) is 1.54. The van der Waals surface area contributed by atoms with Gasteiger partial charge < -0.3 is 5.32 Å². The number of aromatic nitrogens is 1.